The molecular formula is C27H17F6N7OS. The number of ether oxygens (including phenoxy) is 1. The van der Waals surface area contributed by atoms with Gasteiger partial charge in [-0.05, 0) is 54.7 Å². The minimum Gasteiger partial charge on any atom is -0.438 e. The van der Waals surface area contributed by atoms with Gasteiger partial charge in [-0.15, -0.1) is 0 Å². The summed E-state index contributed by atoms with van der Waals surface area (Å²) in [7, 11) is 0. The van der Waals surface area contributed by atoms with Crippen molar-refractivity contribution in [3.63, 3.8) is 0 Å². The lowest BCUT2D eigenvalue weighted by atomic mass is 10.1. The van der Waals surface area contributed by atoms with Gasteiger partial charge in [0.25, 0.3) is 0 Å². The molecule has 214 valence electrons. The molecule has 0 aliphatic carbocycles. The number of nitrogens with one attached hydrogen (secondary N) is 2. The van der Waals surface area contributed by atoms with E-state index in [9.17, 15) is 26.3 Å². The number of anilines is 3. The quantitative estimate of drug-likeness (QED) is 0.141. The smallest absolute Gasteiger partial charge is 0.416 e. The number of thiocarbonyl (C=S) groups is 1. The molecule has 0 fully saturated rings. The molecule has 0 unspecified atom stereocenters. The summed E-state index contributed by atoms with van der Waals surface area (Å²) < 4.78 is 85.6. The lowest BCUT2D eigenvalue weighted by Gasteiger charge is -2.17. The van der Waals surface area contributed by atoms with Crippen molar-refractivity contribution in [3.8, 4) is 23.0 Å². The third-order valence-corrected chi connectivity index (χ3v) is 5.99. The van der Waals surface area contributed by atoms with Crippen molar-refractivity contribution >= 4 is 45.4 Å². The molecule has 0 aliphatic heterocycles. The topological polar surface area (TPSA) is 111 Å². The molecule has 0 saturated carbocycles. The van der Waals surface area contributed by atoms with Crippen molar-refractivity contribution in [3.05, 3.63) is 90.4 Å². The van der Waals surface area contributed by atoms with E-state index in [0.717, 1.165) is 0 Å². The van der Waals surface area contributed by atoms with E-state index in [2.05, 4.69) is 30.6 Å². The van der Waals surface area contributed by atoms with Crippen LogP contribution in [0.15, 0.2) is 79.3 Å². The predicted octanol–water partition coefficient (Wildman–Crippen LogP) is 7.31. The van der Waals surface area contributed by atoms with Gasteiger partial charge in [-0.2, -0.15) is 31.3 Å². The minimum atomic E-state index is -5.00. The molecule has 15 heteroatoms. The number of benzene rings is 3. The Morgan fingerprint density at radius 1 is 0.786 bits per heavy atom. The molecule has 2 heterocycles. The van der Waals surface area contributed by atoms with Crippen molar-refractivity contribution in [1.82, 2.24) is 19.9 Å². The number of pyridine rings is 1. The number of aromatic nitrogens is 4. The SMILES string of the molecule is Nc1ncnc(-c2cccnc2Oc2ccc(NC(=S)Nc3cc(C(F)(F)F)cc(C(F)(F)F)c3)c3ccccc23)n1. The van der Waals surface area contributed by atoms with Gasteiger partial charge in [-0.3, -0.25) is 0 Å². The lowest BCUT2D eigenvalue weighted by Crippen LogP contribution is -2.20. The third kappa shape index (κ3) is 6.30. The number of fused-ring (bicyclic) bond motifs is 1. The normalized spacial score (nSPS) is 11.8. The van der Waals surface area contributed by atoms with Gasteiger partial charge < -0.3 is 21.1 Å². The first-order chi connectivity index (χ1) is 19.9. The van der Waals surface area contributed by atoms with Crippen LogP contribution in [0, 0.1) is 0 Å². The number of alkyl halides is 6. The zero-order chi connectivity index (χ0) is 30.1. The van der Waals surface area contributed by atoms with E-state index in [1.165, 1.54) is 12.5 Å². The van der Waals surface area contributed by atoms with Crippen molar-refractivity contribution in [1.29, 1.82) is 0 Å². The Morgan fingerprint density at radius 3 is 2.14 bits per heavy atom. The summed E-state index contributed by atoms with van der Waals surface area (Å²) in [4.78, 5) is 16.3. The van der Waals surface area contributed by atoms with Crippen LogP contribution in [0.25, 0.3) is 22.2 Å². The van der Waals surface area contributed by atoms with Crippen molar-refractivity contribution in [2.24, 2.45) is 0 Å². The standard InChI is InChI=1S/C27H17F6N7OS/c28-26(29,30)14-10-15(27(31,32)33)12-16(11-14)38-25(42)39-20-7-8-21(18-5-2-1-4-17(18)20)41-23-19(6-3-9-35-23)22-36-13-37-24(34)40-22/h1-13H,(H2,38,39,42)(H2,34,36,37,40). The summed E-state index contributed by atoms with van der Waals surface area (Å²) >= 11 is 5.22. The van der Waals surface area contributed by atoms with Gasteiger partial charge in [-0.25, -0.2) is 15.0 Å². The van der Waals surface area contributed by atoms with Crippen molar-refractivity contribution < 1.29 is 31.1 Å². The van der Waals surface area contributed by atoms with Crippen molar-refractivity contribution in [2.75, 3.05) is 16.4 Å². The fraction of sp³-hybridized carbons (Fsp3) is 0.0741. The van der Waals surface area contributed by atoms with E-state index in [1.807, 2.05) is 0 Å². The maximum Gasteiger partial charge on any atom is 0.416 e. The van der Waals surface area contributed by atoms with Crippen LogP contribution in [0.1, 0.15) is 11.1 Å². The second-order valence-electron chi connectivity index (χ2n) is 8.66. The molecule has 0 bridgehead atoms. The van der Waals surface area contributed by atoms with E-state index >= 15 is 0 Å². The van der Waals surface area contributed by atoms with Crippen LogP contribution in [0.2, 0.25) is 0 Å². The Labute approximate surface area is 238 Å². The van der Waals surface area contributed by atoms with Crippen LogP contribution >= 0.6 is 12.2 Å². The Balaban J connectivity index is 1.43. The molecule has 3 aromatic carbocycles. The highest BCUT2D eigenvalue weighted by atomic mass is 32.1. The van der Waals surface area contributed by atoms with Crippen LogP contribution in [-0.4, -0.2) is 25.0 Å². The van der Waals surface area contributed by atoms with E-state index in [1.54, 1.807) is 48.5 Å². The van der Waals surface area contributed by atoms with Gasteiger partial charge in [0.2, 0.25) is 11.8 Å². The first-order valence-electron chi connectivity index (χ1n) is 11.9. The number of nitrogen functional groups attached to an aromatic ring is 1. The van der Waals surface area contributed by atoms with E-state index < -0.39 is 29.2 Å². The zero-order valence-electron chi connectivity index (χ0n) is 21.0. The number of nitrogens with two attached hydrogens (primary N) is 1. The van der Waals surface area contributed by atoms with Gasteiger partial charge in [0.1, 0.15) is 12.1 Å². The number of hydrogen-bond acceptors (Lipinski definition) is 7. The van der Waals surface area contributed by atoms with Gasteiger partial charge >= 0.3 is 12.4 Å². The molecule has 0 spiro atoms. The second kappa shape index (κ2) is 11.1. The minimum absolute atomic E-state index is 0.0139. The molecular weight excluding hydrogens is 584 g/mol. The van der Waals surface area contributed by atoms with E-state index in [0.29, 0.717) is 39.9 Å². The van der Waals surface area contributed by atoms with Crippen LogP contribution in [-0.2, 0) is 12.4 Å². The van der Waals surface area contributed by atoms with Crippen LogP contribution in [0.5, 0.6) is 11.6 Å². The van der Waals surface area contributed by atoms with Crippen LogP contribution in [0.3, 0.4) is 0 Å². The number of halogens is 6. The number of hydrogen-bond donors (Lipinski definition) is 3. The maximum absolute atomic E-state index is 13.3. The summed E-state index contributed by atoms with van der Waals surface area (Å²) in [6.07, 6.45) is -7.22. The Bertz CT molecular complexity index is 1760. The first-order valence-corrected chi connectivity index (χ1v) is 12.3. The Kier molecular flexibility index (Phi) is 7.51. The fourth-order valence-electron chi connectivity index (χ4n) is 3.97. The van der Waals surface area contributed by atoms with E-state index in [-0.39, 0.29) is 28.8 Å². The largest absolute Gasteiger partial charge is 0.438 e. The molecule has 0 aliphatic rings. The highest BCUT2D eigenvalue weighted by Crippen LogP contribution is 2.39. The Morgan fingerprint density at radius 2 is 1.48 bits per heavy atom. The van der Waals surface area contributed by atoms with Gasteiger partial charge in [0, 0.05) is 28.3 Å². The molecule has 2 aromatic heterocycles. The zero-order valence-corrected chi connectivity index (χ0v) is 21.8. The predicted molar refractivity (Wildman–Crippen MR) is 148 cm³/mol. The molecule has 4 N–H and O–H groups in total. The summed E-state index contributed by atoms with van der Waals surface area (Å²) in [5.74, 6) is 0.814. The molecule has 0 atom stereocenters. The summed E-state index contributed by atoms with van der Waals surface area (Å²) in [5, 5.41) is 6.19. The molecule has 0 radical (unpaired) electrons. The summed E-state index contributed by atoms with van der Waals surface area (Å²) in [6, 6.07) is 14.6. The highest BCUT2D eigenvalue weighted by molar-refractivity contribution is 7.80. The molecule has 8 nitrogen and oxygen atoms in total. The first kappa shape index (κ1) is 28.5. The van der Waals surface area contributed by atoms with Crippen LogP contribution < -0.4 is 21.1 Å². The van der Waals surface area contributed by atoms with Gasteiger partial charge in [0.05, 0.1) is 16.7 Å². The highest BCUT2D eigenvalue weighted by Gasteiger charge is 2.37. The molecule has 0 amide bonds. The van der Waals surface area contributed by atoms with Crippen molar-refractivity contribution in [2.45, 2.75) is 12.4 Å². The average Bonchev–Trinajstić information content (AvgIpc) is 2.93. The molecule has 5 rings (SSSR count). The Hall–Kier alpha value is -5.05. The lowest BCUT2D eigenvalue weighted by molar-refractivity contribution is -0.143. The third-order valence-electron chi connectivity index (χ3n) is 5.79. The fourth-order valence-corrected chi connectivity index (χ4v) is 4.19. The van der Waals surface area contributed by atoms with E-state index in [4.69, 9.17) is 22.7 Å². The molecule has 42 heavy (non-hydrogen) atoms. The number of nitrogens with zero attached hydrogens (tertiary/aromatic N) is 4. The van der Waals surface area contributed by atoms with Crippen LogP contribution in [0.4, 0.5) is 43.7 Å². The molecule has 5 aromatic rings. The molecule has 0 saturated heterocycles. The maximum atomic E-state index is 13.3. The summed E-state index contributed by atoms with van der Waals surface area (Å²) in [5.41, 5.74) is 3.11. The monoisotopic (exact) mass is 601 g/mol. The number of rotatable bonds is 5. The van der Waals surface area contributed by atoms with Gasteiger partial charge in [-0.1, -0.05) is 24.3 Å². The summed E-state index contributed by atoms with van der Waals surface area (Å²) in [6.45, 7) is 0. The average molecular weight is 602 g/mol. The van der Waals surface area contributed by atoms with Gasteiger partial charge in [0.15, 0.2) is 10.9 Å². The second-order valence-corrected chi connectivity index (χ2v) is 9.06.